The molecule has 0 unspecified atom stereocenters. The number of amides is 1. The Morgan fingerprint density at radius 1 is 1.00 bits per heavy atom. The van der Waals surface area contributed by atoms with Crippen LogP contribution >= 0.6 is 11.6 Å². The molecule has 3 rings (SSSR count). The molecular weight excluding hydrogens is 408 g/mol. The third-order valence-corrected chi connectivity index (χ3v) is 7.70. The second-order valence-corrected chi connectivity index (χ2v) is 10.5. The molecule has 0 radical (unpaired) electrons. The highest BCUT2D eigenvalue weighted by Crippen LogP contribution is 2.23. The van der Waals surface area contributed by atoms with E-state index in [2.05, 4.69) is 4.90 Å². The number of carbonyl (C=O) groups excluding carboxylic acids is 1. The molecular formula is C22H27ClN2O3S. The number of sulfone groups is 1. The molecule has 1 aliphatic rings. The molecule has 0 atom stereocenters. The van der Waals surface area contributed by atoms with Gasteiger partial charge in [-0.15, -0.1) is 0 Å². The topological polar surface area (TPSA) is 57.7 Å². The summed E-state index contributed by atoms with van der Waals surface area (Å²) in [5.74, 6) is -0.210. The van der Waals surface area contributed by atoms with Gasteiger partial charge in [-0.05, 0) is 50.1 Å². The number of hydrogen-bond acceptors (Lipinski definition) is 4. The highest BCUT2D eigenvalue weighted by atomic mass is 35.5. The zero-order valence-corrected chi connectivity index (χ0v) is 18.4. The quantitative estimate of drug-likeness (QED) is 0.716. The Balaban J connectivity index is 1.72. The van der Waals surface area contributed by atoms with Gasteiger partial charge in [0, 0.05) is 37.7 Å². The van der Waals surface area contributed by atoms with Crippen LogP contribution in [0.3, 0.4) is 0 Å². The number of carbonyl (C=O) groups is 1. The van der Waals surface area contributed by atoms with Crippen molar-refractivity contribution in [1.82, 2.24) is 9.80 Å². The van der Waals surface area contributed by atoms with Crippen molar-refractivity contribution in [3.05, 3.63) is 64.7 Å². The van der Waals surface area contributed by atoms with Gasteiger partial charge < -0.3 is 4.90 Å². The molecule has 1 amide bonds. The smallest absolute Gasteiger partial charge is 0.255 e. The van der Waals surface area contributed by atoms with Crippen LogP contribution in [0.2, 0.25) is 5.02 Å². The Kier molecular flexibility index (Phi) is 6.98. The van der Waals surface area contributed by atoms with Crippen LogP contribution in [0, 0.1) is 0 Å². The number of nitrogens with zero attached hydrogens (tertiary/aromatic N) is 2. The predicted octanol–water partition coefficient (Wildman–Crippen LogP) is 3.87. The van der Waals surface area contributed by atoms with Gasteiger partial charge >= 0.3 is 0 Å². The molecule has 1 aliphatic heterocycles. The highest BCUT2D eigenvalue weighted by Gasteiger charge is 2.28. The minimum atomic E-state index is -3.52. The Labute approximate surface area is 178 Å². The molecule has 0 aliphatic carbocycles. The van der Waals surface area contributed by atoms with Gasteiger partial charge in [-0.2, -0.15) is 0 Å². The van der Waals surface area contributed by atoms with Crippen molar-refractivity contribution >= 4 is 27.3 Å². The van der Waals surface area contributed by atoms with E-state index in [1.165, 1.54) is 11.6 Å². The third kappa shape index (κ3) is 5.18. The van der Waals surface area contributed by atoms with E-state index in [4.69, 9.17) is 11.6 Å². The van der Waals surface area contributed by atoms with Crippen molar-refractivity contribution in [1.29, 1.82) is 0 Å². The SMILES string of the molecule is CC(C)S(=O)(=O)c1ccccc1C(=O)N1CCCN(Cc2ccc(Cl)cc2)CC1. The van der Waals surface area contributed by atoms with E-state index in [0.29, 0.717) is 13.1 Å². The summed E-state index contributed by atoms with van der Waals surface area (Å²) < 4.78 is 25.4. The summed E-state index contributed by atoms with van der Waals surface area (Å²) in [6.07, 6.45) is 0.846. The Morgan fingerprint density at radius 3 is 2.38 bits per heavy atom. The number of halogens is 1. The maximum atomic E-state index is 13.2. The van der Waals surface area contributed by atoms with Crippen LogP contribution in [0.1, 0.15) is 36.2 Å². The van der Waals surface area contributed by atoms with E-state index in [0.717, 1.165) is 31.1 Å². The molecule has 0 spiro atoms. The van der Waals surface area contributed by atoms with Crippen molar-refractivity contribution in [3.8, 4) is 0 Å². The minimum absolute atomic E-state index is 0.127. The summed E-state index contributed by atoms with van der Waals surface area (Å²) in [5.41, 5.74) is 1.45. The number of rotatable bonds is 5. The zero-order valence-electron chi connectivity index (χ0n) is 16.8. The summed E-state index contributed by atoms with van der Waals surface area (Å²) >= 11 is 5.96. The fourth-order valence-corrected chi connectivity index (χ4v) is 4.86. The van der Waals surface area contributed by atoms with Crippen LogP contribution in [-0.4, -0.2) is 55.6 Å². The summed E-state index contributed by atoms with van der Waals surface area (Å²) in [4.78, 5) is 17.4. The normalized spacial score (nSPS) is 16.1. The fraction of sp³-hybridized carbons (Fsp3) is 0.409. The van der Waals surface area contributed by atoms with E-state index in [9.17, 15) is 13.2 Å². The predicted molar refractivity (Wildman–Crippen MR) is 116 cm³/mol. The van der Waals surface area contributed by atoms with Gasteiger partial charge in [-0.1, -0.05) is 35.9 Å². The van der Waals surface area contributed by atoms with Crippen LogP contribution in [0.4, 0.5) is 0 Å². The van der Waals surface area contributed by atoms with Crippen LogP contribution in [0.5, 0.6) is 0 Å². The third-order valence-electron chi connectivity index (χ3n) is 5.24. The molecule has 29 heavy (non-hydrogen) atoms. The van der Waals surface area contributed by atoms with Gasteiger partial charge in [0.15, 0.2) is 9.84 Å². The Bertz CT molecular complexity index is 958. The molecule has 1 heterocycles. The molecule has 156 valence electrons. The molecule has 0 aromatic heterocycles. The number of hydrogen-bond donors (Lipinski definition) is 0. The van der Waals surface area contributed by atoms with E-state index < -0.39 is 15.1 Å². The summed E-state index contributed by atoms with van der Waals surface area (Å²) in [6.45, 7) is 6.89. The molecule has 0 N–H and O–H groups in total. The van der Waals surface area contributed by atoms with Gasteiger partial charge in [0.25, 0.3) is 5.91 Å². The second-order valence-electron chi connectivity index (χ2n) is 7.64. The highest BCUT2D eigenvalue weighted by molar-refractivity contribution is 7.92. The lowest BCUT2D eigenvalue weighted by Crippen LogP contribution is -2.36. The first-order valence-electron chi connectivity index (χ1n) is 9.88. The van der Waals surface area contributed by atoms with Crippen LogP contribution in [0.15, 0.2) is 53.4 Å². The van der Waals surface area contributed by atoms with Crippen molar-refractivity contribution in [2.75, 3.05) is 26.2 Å². The van der Waals surface area contributed by atoms with Crippen molar-refractivity contribution in [2.45, 2.75) is 37.0 Å². The van der Waals surface area contributed by atoms with E-state index >= 15 is 0 Å². The molecule has 7 heteroatoms. The lowest BCUT2D eigenvalue weighted by Gasteiger charge is -2.23. The van der Waals surface area contributed by atoms with Gasteiger partial charge in [0.1, 0.15) is 0 Å². The van der Waals surface area contributed by atoms with Crippen molar-refractivity contribution < 1.29 is 13.2 Å². The molecule has 5 nitrogen and oxygen atoms in total. The van der Waals surface area contributed by atoms with Crippen molar-refractivity contribution in [2.24, 2.45) is 0 Å². The lowest BCUT2D eigenvalue weighted by atomic mass is 10.2. The average molecular weight is 435 g/mol. The monoisotopic (exact) mass is 434 g/mol. The van der Waals surface area contributed by atoms with E-state index in [1.54, 1.807) is 36.9 Å². The first-order chi connectivity index (χ1) is 13.8. The maximum absolute atomic E-state index is 13.2. The summed E-state index contributed by atoms with van der Waals surface area (Å²) in [5, 5.41) is 0.145. The molecule has 2 aromatic carbocycles. The first kappa shape index (κ1) is 21.8. The van der Waals surface area contributed by atoms with E-state index in [-0.39, 0.29) is 16.4 Å². The molecule has 1 saturated heterocycles. The second kappa shape index (κ2) is 9.28. The van der Waals surface area contributed by atoms with Gasteiger partial charge in [0.2, 0.25) is 0 Å². The molecule has 0 bridgehead atoms. The van der Waals surface area contributed by atoms with Crippen LogP contribution in [-0.2, 0) is 16.4 Å². The Morgan fingerprint density at radius 2 is 1.69 bits per heavy atom. The average Bonchev–Trinajstić information content (AvgIpc) is 2.94. The largest absolute Gasteiger partial charge is 0.337 e. The zero-order chi connectivity index (χ0) is 21.0. The first-order valence-corrected chi connectivity index (χ1v) is 11.8. The van der Waals surface area contributed by atoms with Crippen LogP contribution < -0.4 is 0 Å². The minimum Gasteiger partial charge on any atom is -0.337 e. The van der Waals surface area contributed by atoms with Crippen molar-refractivity contribution in [3.63, 3.8) is 0 Å². The van der Waals surface area contributed by atoms with Gasteiger partial charge in [0.05, 0.1) is 15.7 Å². The number of benzene rings is 2. The maximum Gasteiger partial charge on any atom is 0.255 e. The van der Waals surface area contributed by atoms with Crippen LogP contribution in [0.25, 0.3) is 0 Å². The molecule has 0 saturated carbocycles. The lowest BCUT2D eigenvalue weighted by molar-refractivity contribution is 0.0757. The van der Waals surface area contributed by atoms with Gasteiger partial charge in [-0.3, -0.25) is 9.69 Å². The molecule has 1 fully saturated rings. The standard InChI is InChI=1S/C22H27ClN2O3S/c1-17(2)29(27,28)21-7-4-3-6-20(21)22(26)25-13-5-12-24(14-15-25)16-18-8-10-19(23)11-9-18/h3-4,6-11,17H,5,12-16H2,1-2H3. The Hall–Kier alpha value is -1.89. The summed E-state index contributed by atoms with van der Waals surface area (Å²) in [6, 6.07) is 14.3. The van der Waals surface area contributed by atoms with Gasteiger partial charge in [-0.25, -0.2) is 8.42 Å². The molecule has 2 aromatic rings. The fourth-order valence-electron chi connectivity index (χ4n) is 3.50. The summed E-state index contributed by atoms with van der Waals surface area (Å²) in [7, 11) is -3.52. The van der Waals surface area contributed by atoms with E-state index in [1.807, 2.05) is 24.3 Å².